The fraction of sp³-hybridized carbons (Fsp3) is 0.444. The molecule has 0 spiro atoms. The average molecular weight is 285 g/mol. The van der Waals surface area contributed by atoms with Gasteiger partial charge in [-0.15, -0.1) is 0 Å². The van der Waals surface area contributed by atoms with E-state index in [1.54, 1.807) is 6.20 Å². The molecule has 0 radical (unpaired) electrons. The topological polar surface area (TPSA) is 43.1 Å². The van der Waals surface area contributed by atoms with Gasteiger partial charge in [-0.25, -0.2) is 4.98 Å². The normalized spacial score (nSPS) is 10.8. The number of benzene rings is 1. The van der Waals surface area contributed by atoms with Gasteiger partial charge in [-0.3, -0.25) is 4.79 Å². The third-order valence-corrected chi connectivity index (χ3v) is 3.55. The van der Waals surface area contributed by atoms with Crippen LogP contribution in [0.25, 0.3) is 11.5 Å². The van der Waals surface area contributed by atoms with Crippen molar-refractivity contribution in [3.05, 3.63) is 41.8 Å². The number of unbranched alkanes of at least 4 members (excludes halogenated alkanes) is 2. The molecule has 0 saturated heterocycles. The second-order valence-electron chi connectivity index (χ2n) is 5.31. The lowest BCUT2D eigenvalue weighted by atomic mass is 10.00. The lowest BCUT2D eigenvalue weighted by molar-refractivity contribution is 0.0980. The van der Waals surface area contributed by atoms with Crippen LogP contribution in [-0.2, 0) is 6.42 Å². The summed E-state index contributed by atoms with van der Waals surface area (Å²) in [4.78, 5) is 16.7. The van der Waals surface area contributed by atoms with Gasteiger partial charge >= 0.3 is 0 Å². The second-order valence-corrected chi connectivity index (χ2v) is 5.31. The molecule has 3 heteroatoms. The van der Waals surface area contributed by atoms with Crippen LogP contribution in [-0.4, -0.2) is 10.8 Å². The van der Waals surface area contributed by atoms with Crippen molar-refractivity contribution in [2.75, 3.05) is 0 Å². The number of hydrogen-bond donors (Lipinski definition) is 0. The van der Waals surface area contributed by atoms with E-state index in [2.05, 4.69) is 18.8 Å². The molecule has 0 aliphatic carbocycles. The molecule has 1 aromatic carbocycles. The van der Waals surface area contributed by atoms with Crippen molar-refractivity contribution < 1.29 is 9.21 Å². The highest BCUT2D eigenvalue weighted by molar-refractivity contribution is 6.01. The molecular formula is C18H23NO2. The second kappa shape index (κ2) is 7.77. The van der Waals surface area contributed by atoms with Crippen molar-refractivity contribution in [2.24, 2.45) is 0 Å². The molecule has 3 nitrogen and oxygen atoms in total. The Balaban J connectivity index is 2.23. The van der Waals surface area contributed by atoms with Crippen LogP contribution >= 0.6 is 0 Å². The van der Waals surface area contributed by atoms with E-state index in [1.165, 1.54) is 0 Å². The first kappa shape index (κ1) is 15.5. The van der Waals surface area contributed by atoms with E-state index in [1.807, 2.05) is 24.3 Å². The van der Waals surface area contributed by atoms with Gasteiger partial charge in [-0.1, -0.05) is 44.9 Å². The van der Waals surface area contributed by atoms with Crippen LogP contribution in [0.2, 0.25) is 0 Å². The van der Waals surface area contributed by atoms with Crippen LogP contribution in [0, 0.1) is 0 Å². The number of nitrogens with zero attached hydrogens (tertiary/aromatic N) is 1. The number of hydrogen-bond acceptors (Lipinski definition) is 3. The lowest BCUT2D eigenvalue weighted by Crippen LogP contribution is -2.01. The maximum atomic E-state index is 12.3. The number of Topliss-reactive ketones (excluding diaryl/α,β-unsaturated/α-hetero) is 1. The van der Waals surface area contributed by atoms with Crippen LogP contribution in [0.4, 0.5) is 0 Å². The Morgan fingerprint density at radius 3 is 2.67 bits per heavy atom. The minimum atomic E-state index is 0.167. The van der Waals surface area contributed by atoms with Gasteiger partial charge in [0.15, 0.2) is 5.78 Å². The largest absolute Gasteiger partial charge is 0.441 e. The molecule has 21 heavy (non-hydrogen) atoms. The number of aryl methyl sites for hydroxylation is 1. The van der Waals surface area contributed by atoms with Gasteiger partial charge in [-0.2, -0.15) is 0 Å². The van der Waals surface area contributed by atoms with Crippen molar-refractivity contribution in [1.29, 1.82) is 0 Å². The highest BCUT2D eigenvalue weighted by Crippen LogP contribution is 2.25. The fourth-order valence-electron chi connectivity index (χ4n) is 2.28. The molecule has 0 N–H and O–H groups in total. The van der Waals surface area contributed by atoms with Crippen molar-refractivity contribution >= 4 is 5.78 Å². The summed E-state index contributed by atoms with van der Waals surface area (Å²) in [5, 5.41) is 0. The standard InChI is InChI=1S/C18H23NO2/c1-3-5-9-14-13-19-18(21-14)16-11-8-7-10-15(16)17(20)12-6-4-2/h7-8,10-11,13H,3-6,9,12H2,1-2H3. The van der Waals surface area contributed by atoms with Gasteiger partial charge in [0.05, 0.1) is 6.20 Å². The van der Waals surface area contributed by atoms with Crippen LogP contribution in [0.1, 0.15) is 62.1 Å². The van der Waals surface area contributed by atoms with E-state index in [-0.39, 0.29) is 5.78 Å². The first-order valence-corrected chi connectivity index (χ1v) is 7.83. The number of rotatable bonds is 8. The Hall–Kier alpha value is -1.90. The molecule has 2 rings (SSSR count). The zero-order valence-corrected chi connectivity index (χ0v) is 12.9. The van der Waals surface area contributed by atoms with E-state index < -0.39 is 0 Å². The molecule has 1 heterocycles. The van der Waals surface area contributed by atoms with Crippen molar-refractivity contribution in [3.63, 3.8) is 0 Å². The lowest BCUT2D eigenvalue weighted by Gasteiger charge is -2.05. The minimum Gasteiger partial charge on any atom is -0.441 e. The zero-order chi connectivity index (χ0) is 15.1. The minimum absolute atomic E-state index is 0.167. The van der Waals surface area contributed by atoms with Crippen molar-refractivity contribution in [3.8, 4) is 11.5 Å². The summed E-state index contributed by atoms with van der Waals surface area (Å²) in [5.41, 5.74) is 1.52. The molecule has 2 aromatic rings. The summed E-state index contributed by atoms with van der Waals surface area (Å²) in [7, 11) is 0. The van der Waals surface area contributed by atoms with Crippen LogP contribution in [0.5, 0.6) is 0 Å². The third-order valence-electron chi connectivity index (χ3n) is 3.55. The molecule has 0 bridgehead atoms. The Bertz CT molecular complexity index is 586. The first-order chi connectivity index (χ1) is 10.3. The highest BCUT2D eigenvalue weighted by Gasteiger charge is 2.15. The summed E-state index contributed by atoms with van der Waals surface area (Å²) < 4.78 is 5.80. The Morgan fingerprint density at radius 1 is 1.14 bits per heavy atom. The van der Waals surface area contributed by atoms with Gasteiger partial charge in [-0.05, 0) is 18.9 Å². The van der Waals surface area contributed by atoms with Gasteiger partial charge < -0.3 is 4.42 Å². The predicted octanol–water partition coefficient (Wildman–Crippen LogP) is 5.06. The quantitative estimate of drug-likeness (QED) is 0.637. The molecule has 0 aliphatic heterocycles. The number of carbonyl (C=O) groups is 1. The van der Waals surface area contributed by atoms with E-state index in [9.17, 15) is 4.79 Å². The van der Waals surface area contributed by atoms with Crippen molar-refractivity contribution in [2.45, 2.75) is 52.4 Å². The molecule has 1 aromatic heterocycles. The molecule has 0 fully saturated rings. The summed E-state index contributed by atoms with van der Waals surface area (Å²) in [6.07, 6.45) is 7.41. The number of ketones is 1. The summed E-state index contributed by atoms with van der Waals surface area (Å²) in [6, 6.07) is 7.59. The molecular weight excluding hydrogens is 262 g/mol. The first-order valence-electron chi connectivity index (χ1n) is 7.83. The van der Waals surface area contributed by atoms with E-state index in [0.717, 1.165) is 49.0 Å². The highest BCUT2D eigenvalue weighted by atomic mass is 16.4. The van der Waals surface area contributed by atoms with E-state index in [0.29, 0.717) is 12.3 Å². The van der Waals surface area contributed by atoms with Crippen LogP contribution in [0.15, 0.2) is 34.9 Å². The Kier molecular flexibility index (Phi) is 5.73. The predicted molar refractivity (Wildman–Crippen MR) is 84.4 cm³/mol. The van der Waals surface area contributed by atoms with E-state index in [4.69, 9.17) is 4.42 Å². The molecule has 0 amide bonds. The number of aromatic nitrogens is 1. The maximum absolute atomic E-state index is 12.3. The summed E-state index contributed by atoms with van der Waals surface area (Å²) in [5.74, 6) is 1.62. The Labute approximate surface area is 126 Å². The zero-order valence-electron chi connectivity index (χ0n) is 12.9. The number of oxazole rings is 1. The van der Waals surface area contributed by atoms with Crippen molar-refractivity contribution in [1.82, 2.24) is 4.98 Å². The third kappa shape index (κ3) is 4.03. The molecule has 112 valence electrons. The maximum Gasteiger partial charge on any atom is 0.226 e. The summed E-state index contributed by atoms with van der Waals surface area (Å²) in [6.45, 7) is 4.24. The van der Waals surface area contributed by atoms with Gasteiger partial charge in [0, 0.05) is 24.0 Å². The fourth-order valence-corrected chi connectivity index (χ4v) is 2.28. The molecule has 0 unspecified atom stereocenters. The SMILES string of the molecule is CCCCC(=O)c1ccccc1-c1ncc(CCCC)o1. The Morgan fingerprint density at radius 2 is 1.90 bits per heavy atom. The van der Waals surface area contributed by atoms with Gasteiger partial charge in [0.1, 0.15) is 5.76 Å². The molecule has 0 aliphatic rings. The van der Waals surface area contributed by atoms with Gasteiger partial charge in [0.25, 0.3) is 0 Å². The van der Waals surface area contributed by atoms with E-state index >= 15 is 0 Å². The van der Waals surface area contributed by atoms with Crippen LogP contribution < -0.4 is 0 Å². The van der Waals surface area contributed by atoms with Gasteiger partial charge in [0.2, 0.25) is 5.89 Å². The molecule has 0 atom stereocenters. The number of carbonyl (C=O) groups excluding carboxylic acids is 1. The average Bonchev–Trinajstić information content (AvgIpc) is 2.99. The molecule has 0 saturated carbocycles. The monoisotopic (exact) mass is 285 g/mol. The summed E-state index contributed by atoms with van der Waals surface area (Å²) >= 11 is 0. The van der Waals surface area contributed by atoms with Crippen LogP contribution in [0.3, 0.4) is 0 Å². The smallest absolute Gasteiger partial charge is 0.226 e.